The Bertz CT molecular complexity index is 129. The van der Waals surface area contributed by atoms with Gasteiger partial charge in [0.15, 0.2) is 0 Å². The Kier molecular flexibility index (Phi) is 2.41. The quantitative estimate of drug-likeness (QED) is 0.499. The van der Waals surface area contributed by atoms with Crippen LogP contribution in [0.4, 0.5) is 8.78 Å². The Morgan fingerprint density at radius 3 is 2.60 bits per heavy atom. The Morgan fingerprint density at radius 1 is 1.50 bits per heavy atom. The summed E-state index contributed by atoms with van der Waals surface area (Å²) in [6.07, 6.45) is 2.95. The maximum atomic E-state index is 12.0. The van der Waals surface area contributed by atoms with Crippen molar-refractivity contribution in [3.05, 3.63) is 12.2 Å². The maximum absolute atomic E-state index is 12.0. The van der Waals surface area contributed by atoms with E-state index in [1.165, 1.54) is 0 Å². The third-order valence-electron chi connectivity index (χ3n) is 1.92. The fourth-order valence-electron chi connectivity index (χ4n) is 1.31. The van der Waals surface area contributed by atoms with Crippen molar-refractivity contribution in [3.63, 3.8) is 0 Å². The number of rotatable bonds is 1. The summed E-state index contributed by atoms with van der Waals surface area (Å²) in [5.74, 6) is -0.0484. The van der Waals surface area contributed by atoms with Gasteiger partial charge in [-0.3, -0.25) is 0 Å². The lowest BCUT2D eigenvalue weighted by molar-refractivity contribution is 0.0852. The summed E-state index contributed by atoms with van der Waals surface area (Å²) in [6.45, 7) is 2.01. The van der Waals surface area contributed by atoms with Crippen LogP contribution in [0, 0.1) is 11.8 Å². The molecule has 2 unspecified atom stereocenters. The van der Waals surface area contributed by atoms with Crippen molar-refractivity contribution in [2.75, 3.05) is 0 Å². The zero-order valence-electron chi connectivity index (χ0n) is 6.06. The van der Waals surface area contributed by atoms with Crippen LogP contribution < -0.4 is 0 Å². The van der Waals surface area contributed by atoms with Crippen LogP contribution in [0.3, 0.4) is 0 Å². The van der Waals surface area contributed by atoms with Crippen molar-refractivity contribution in [2.24, 2.45) is 11.8 Å². The van der Waals surface area contributed by atoms with E-state index in [1.54, 1.807) is 6.08 Å². The second-order valence-corrected chi connectivity index (χ2v) is 3.00. The minimum atomic E-state index is -2.17. The van der Waals surface area contributed by atoms with Crippen LogP contribution in [-0.4, -0.2) is 6.43 Å². The summed E-state index contributed by atoms with van der Waals surface area (Å²) in [4.78, 5) is 0. The molecule has 0 bridgehead atoms. The van der Waals surface area contributed by atoms with Gasteiger partial charge in [-0.05, 0) is 18.8 Å². The average Bonchev–Trinajstić information content (AvgIpc) is 1.88. The SMILES string of the molecule is CC1CC=CC(C(F)F)C1. The van der Waals surface area contributed by atoms with Crippen LogP contribution in [0.5, 0.6) is 0 Å². The van der Waals surface area contributed by atoms with Crippen molar-refractivity contribution in [3.8, 4) is 0 Å². The van der Waals surface area contributed by atoms with Gasteiger partial charge in [0.2, 0.25) is 6.43 Å². The van der Waals surface area contributed by atoms with E-state index in [-0.39, 0.29) is 0 Å². The molecule has 0 N–H and O–H groups in total. The van der Waals surface area contributed by atoms with Crippen molar-refractivity contribution >= 4 is 0 Å². The molecule has 0 radical (unpaired) electrons. The molecule has 0 nitrogen and oxygen atoms in total. The highest BCUT2D eigenvalue weighted by Crippen LogP contribution is 2.27. The minimum Gasteiger partial charge on any atom is -0.210 e. The van der Waals surface area contributed by atoms with E-state index in [0.29, 0.717) is 12.3 Å². The highest BCUT2D eigenvalue weighted by molar-refractivity contribution is 4.96. The third-order valence-corrected chi connectivity index (χ3v) is 1.92. The smallest absolute Gasteiger partial charge is 0.210 e. The van der Waals surface area contributed by atoms with Gasteiger partial charge in [-0.15, -0.1) is 0 Å². The van der Waals surface area contributed by atoms with Crippen LogP contribution in [0.25, 0.3) is 0 Å². The third kappa shape index (κ3) is 1.79. The van der Waals surface area contributed by atoms with Gasteiger partial charge >= 0.3 is 0 Å². The van der Waals surface area contributed by atoms with Gasteiger partial charge in [0.1, 0.15) is 0 Å². The van der Waals surface area contributed by atoms with E-state index in [2.05, 4.69) is 0 Å². The number of allylic oxidation sites excluding steroid dienone is 2. The Morgan fingerprint density at radius 2 is 2.20 bits per heavy atom. The molecule has 2 heteroatoms. The van der Waals surface area contributed by atoms with Crippen LogP contribution >= 0.6 is 0 Å². The molecule has 0 saturated carbocycles. The van der Waals surface area contributed by atoms with Gasteiger partial charge in [-0.1, -0.05) is 19.1 Å². The molecule has 0 aromatic carbocycles. The van der Waals surface area contributed by atoms with Gasteiger partial charge in [0.05, 0.1) is 0 Å². The van der Waals surface area contributed by atoms with E-state index in [0.717, 1.165) is 6.42 Å². The van der Waals surface area contributed by atoms with E-state index >= 15 is 0 Å². The van der Waals surface area contributed by atoms with E-state index in [4.69, 9.17) is 0 Å². The van der Waals surface area contributed by atoms with Crippen molar-refractivity contribution in [2.45, 2.75) is 26.2 Å². The Hall–Kier alpha value is -0.400. The molecule has 0 aromatic heterocycles. The molecule has 58 valence electrons. The molecule has 0 aromatic rings. The van der Waals surface area contributed by atoms with Crippen LogP contribution in [0.1, 0.15) is 19.8 Å². The van der Waals surface area contributed by atoms with Crippen molar-refractivity contribution in [1.82, 2.24) is 0 Å². The zero-order valence-corrected chi connectivity index (χ0v) is 6.06. The summed E-state index contributed by atoms with van der Waals surface area (Å²) in [5.41, 5.74) is 0. The highest BCUT2D eigenvalue weighted by Gasteiger charge is 2.21. The molecule has 0 aliphatic heterocycles. The molecule has 1 aliphatic rings. The van der Waals surface area contributed by atoms with Gasteiger partial charge in [-0.2, -0.15) is 0 Å². The fourth-order valence-corrected chi connectivity index (χ4v) is 1.31. The second-order valence-electron chi connectivity index (χ2n) is 3.00. The molecular formula is C8H12F2. The Labute approximate surface area is 59.9 Å². The molecule has 10 heavy (non-hydrogen) atoms. The zero-order chi connectivity index (χ0) is 7.56. The summed E-state index contributed by atoms with van der Waals surface area (Å²) < 4.78 is 24.1. The average molecular weight is 146 g/mol. The number of alkyl halides is 2. The van der Waals surface area contributed by atoms with E-state index in [1.807, 2.05) is 13.0 Å². The highest BCUT2D eigenvalue weighted by atomic mass is 19.3. The first-order valence-corrected chi connectivity index (χ1v) is 3.65. The first kappa shape index (κ1) is 7.70. The summed E-state index contributed by atoms with van der Waals surface area (Å²) in [6, 6.07) is 0. The lowest BCUT2D eigenvalue weighted by Gasteiger charge is -2.20. The van der Waals surface area contributed by atoms with Crippen molar-refractivity contribution in [1.29, 1.82) is 0 Å². The first-order chi connectivity index (χ1) is 4.70. The standard InChI is InChI=1S/C8H12F2/c1-6-3-2-4-7(5-6)8(9)10/h2,4,6-8H,3,5H2,1H3. The molecule has 0 heterocycles. The molecule has 0 spiro atoms. The van der Waals surface area contributed by atoms with Crippen molar-refractivity contribution < 1.29 is 8.78 Å². The molecule has 2 atom stereocenters. The van der Waals surface area contributed by atoms with Gasteiger partial charge in [0, 0.05) is 5.92 Å². The maximum Gasteiger partial charge on any atom is 0.244 e. The molecule has 1 rings (SSSR count). The van der Waals surface area contributed by atoms with Gasteiger partial charge in [0.25, 0.3) is 0 Å². The van der Waals surface area contributed by atoms with E-state index < -0.39 is 12.3 Å². The fraction of sp³-hybridized carbons (Fsp3) is 0.750. The summed E-state index contributed by atoms with van der Waals surface area (Å²) >= 11 is 0. The number of hydrogen-bond donors (Lipinski definition) is 0. The normalized spacial score (nSPS) is 33.2. The van der Waals surface area contributed by atoms with Gasteiger partial charge in [-0.25, -0.2) is 8.78 Å². The predicted octanol–water partition coefficient (Wildman–Crippen LogP) is 2.85. The Balaban J connectivity index is 2.47. The lowest BCUT2D eigenvalue weighted by Crippen LogP contribution is -2.15. The number of halogens is 2. The molecule has 1 aliphatic carbocycles. The van der Waals surface area contributed by atoms with Crippen LogP contribution in [-0.2, 0) is 0 Å². The molecular weight excluding hydrogens is 134 g/mol. The summed E-state index contributed by atoms with van der Waals surface area (Å²) in [5, 5.41) is 0. The van der Waals surface area contributed by atoms with Gasteiger partial charge < -0.3 is 0 Å². The largest absolute Gasteiger partial charge is 0.244 e. The monoisotopic (exact) mass is 146 g/mol. The van der Waals surface area contributed by atoms with Crippen LogP contribution in [0.15, 0.2) is 12.2 Å². The van der Waals surface area contributed by atoms with E-state index in [9.17, 15) is 8.78 Å². The summed E-state index contributed by atoms with van der Waals surface area (Å²) in [7, 11) is 0. The number of hydrogen-bond acceptors (Lipinski definition) is 0. The lowest BCUT2D eigenvalue weighted by atomic mass is 9.88. The second kappa shape index (κ2) is 3.13. The predicted molar refractivity (Wildman–Crippen MR) is 37.0 cm³/mol. The minimum absolute atomic E-state index is 0.434. The first-order valence-electron chi connectivity index (χ1n) is 3.65. The molecule has 0 saturated heterocycles. The molecule has 0 fully saturated rings. The molecule has 0 amide bonds. The van der Waals surface area contributed by atoms with Crippen LogP contribution in [0.2, 0.25) is 0 Å². The topological polar surface area (TPSA) is 0 Å².